The Kier molecular flexibility index (Phi) is 4.74. The van der Waals surface area contributed by atoms with E-state index in [1.54, 1.807) is 6.07 Å². The van der Waals surface area contributed by atoms with Crippen LogP contribution >= 0.6 is 11.6 Å². The molecule has 0 aliphatic carbocycles. The van der Waals surface area contributed by atoms with Crippen LogP contribution in [-0.4, -0.2) is 16.5 Å². The molecule has 4 N–H and O–H groups in total. The minimum Gasteiger partial charge on any atom is -0.370 e. The molecular weight excluding hydrogens is 300 g/mol. The normalized spacial score (nSPS) is 10.5. The van der Waals surface area contributed by atoms with Crippen LogP contribution in [0.1, 0.15) is 13.3 Å². The molecule has 112 valence electrons. The minimum absolute atomic E-state index is 0.0252. The smallest absolute Gasteiger partial charge is 0.223 e. The maximum absolute atomic E-state index is 13.7. The van der Waals surface area contributed by atoms with Crippen LogP contribution in [0.2, 0.25) is 5.02 Å². The summed E-state index contributed by atoms with van der Waals surface area (Å²) in [5.41, 5.74) is 5.52. The molecule has 0 bridgehead atoms. The number of hydrogen-bond acceptors (Lipinski definition) is 5. The molecule has 2 rings (SSSR count). The standard InChI is InChI=1S/C13H14ClF2N5/c1-2-3-18-10-6-11(21-13(17)20-10)19-12-8(14)4-7(15)5-9(12)16/h4-6H,2-3H2,1H3,(H4,17,18,19,20,21). The number of anilines is 4. The highest BCUT2D eigenvalue weighted by atomic mass is 35.5. The number of aromatic nitrogens is 2. The van der Waals surface area contributed by atoms with Crippen LogP contribution in [0.25, 0.3) is 0 Å². The van der Waals surface area contributed by atoms with Crippen LogP contribution in [0.4, 0.5) is 32.1 Å². The molecule has 0 spiro atoms. The van der Waals surface area contributed by atoms with Gasteiger partial charge in [-0.15, -0.1) is 0 Å². The van der Waals surface area contributed by atoms with Gasteiger partial charge in [-0.3, -0.25) is 0 Å². The fourth-order valence-corrected chi connectivity index (χ4v) is 1.90. The van der Waals surface area contributed by atoms with E-state index in [0.717, 1.165) is 18.6 Å². The number of nitrogens with one attached hydrogen (secondary N) is 2. The van der Waals surface area contributed by atoms with Crippen LogP contribution in [0.15, 0.2) is 18.2 Å². The summed E-state index contributed by atoms with van der Waals surface area (Å²) in [6.07, 6.45) is 0.908. The molecule has 0 aliphatic rings. The first kappa shape index (κ1) is 15.2. The second-order valence-corrected chi connectivity index (χ2v) is 4.70. The zero-order chi connectivity index (χ0) is 15.4. The van der Waals surface area contributed by atoms with Crippen molar-refractivity contribution in [1.29, 1.82) is 0 Å². The lowest BCUT2D eigenvalue weighted by atomic mass is 10.3. The molecule has 0 saturated heterocycles. The molecule has 1 heterocycles. The molecule has 8 heteroatoms. The number of hydrogen-bond donors (Lipinski definition) is 3. The molecule has 0 saturated carbocycles. The van der Waals surface area contributed by atoms with Crippen molar-refractivity contribution in [1.82, 2.24) is 9.97 Å². The summed E-state index contributed by atoms with van der Waals surface area (Å²) in [6, 6.07) is 3.30. The van der Waals surface area contributed by atoms with Gasteiger partial charge in [0.15, 0.2) is 5.82 Å². The van der Waals surface area contributed by atoms with Crippen molar-refractivity contribution in [2.45, 2.75) is 13.3 Å². The number of nitrogen functional groups attached to an aromatic ring is 1. The monoisotopic (exact) mass is 313 g/mol. The lowest BCUT2D eigenvalue weighted by Gasteiger charge is -2.11. The zero-order valence-corrected chi connectivity index (χ0v) is 12.0. The molecule has 0 unspecified atom stereocenters. The Morgan fingerprint density at radius 2 is 1.90 bits per heavy atom. The van der Waals surface area contributed by atoms with Crippen LogP contribution in [0.3, 0.4) is 0 Å². The third-order valence-corrected chi connectivity index (χ3v) is 2.86. The van der Waals surface area contributed by atoms with Crippen molar-refractivity contribution in [2.24, 2.45) is 0 Å². The summed E-state index contributed by atoms with van der Waals surface area (Å²) in [7, 11) is 0. The second-order valence-electron chi connectivity index (χ2n) is 4.29. The fourth-order valence-electron chi connectivity index (χ4n) is 1.66. The van der Waals surface area contributed by atoms with Gasteiger partial charge in [0, 0.05) is 18.7 Å². The van der Waals surface area contributed by atoms with Crippen molar-refractivity contribution in [3.63, 3.8) is 0 Å². The topological polar surface area (TPSA) is 75.9 Å². The molecule has 0 atom stereocenters. The van der Waals surface area contributed by atoms with Crippen molar-refractivity contribution in [3.05, 3.63) is 34.9 Å². The van der Waals surface area contributed by atoms with Crippen LogP contribution in [0, 0.1) is 11.6 Å². The summed E-state index contributed by atoms with van der Waals surface area (Å²) >= 11 is 5.82. The van der Waals surface area contributed by atoms with Crippen molar-refractivity contribution in [3.8, 4) is 0 Å². The van der Waals surface area contributed by atoms with Gasteiger partial charge >= 0.3 is 0 Å². The van der Waals surface area contributed by atoms with E-state index in [0.29, 0.717) is 12.4 Å². The van der Waals surface area contributed by atoms with Gasteiger partial charge in [-0.05, 0) is 12.5 Å². The van der Waals surface area contributed by atoms with Crippen molar-refractivity contribution < 1.29 is 8.78 Å². The van der Waals surface area contributed by atoms with E-state index >= 15 is 0 Å². The predicted molar refractivity (Wildman–Crippen MR) is 79.9 cm³/mol. The van der Waals surface area contributed by atoms with Crippen LogP contribution in [-0.2, 0) is 0 Å². The summed E-state index contributed by atoms with van der Waals surface area (Å²) in [4.78, 5) is 7.94. The van der Waals surface area contributed by atoms with E-state index in [1.165, 1.54) is 0 Å². The summed E-state index contributed by atoms with van der Waals surface area (Å²) in [5, 5.41) is 5.63. The van der Waals surface area contributed by atoms with Crippen LogP contribution in [0.5, 0.6) is 0 Å². The molecule has 21 heavy (non-hydrogen) atoms. The van der Waals surface area contributed by atoms with E-state index < -0.39 is 11.6 Å². The van der Waals surface area contributed by atoms with Gasteiger partial charge in [0.2, 0.25) is 5.95 Å². The fraction of sp³-hybridized carbons (Fsp3) is 0.231. The highest BCUT2D eigenvalue weighted by Crippen LogP contribution is 2.29. The van der Waals surface area contributed by atoms with Gasteiger partial charge in [0.25, 0.3) is 0 Å². The van der Waals surface area contributed by atoms with Gasteiger partial charge in [-0.2, -0.15) is 9.97 Å². The largest absolute Gasteiger partial charge is 0.370 e. The van der Waals surface area contributed by atoms with E-state index in [1.807, 2.05) is 6.92 Å². The lowest BCUT2D eigenvalue weighted by molar-refractivity contribution is 0.586. The molecule has 0 amide bonds. The quantitative estimate of drug-likeness (QED) is 0.787. The average molecular weight is 314 g/mol. The molecule has 1 aromatic carbocycles. The maximum atomic E-state index is 13.7. The lowest BCUT2D eigenvalue weighted by Crippen LogP contribution is -2.07. The summed E-state index contributed by atoms with van der Waals surface area (Å²) in [5.74, 6) is -0.785. The van der Waals surface area contributed by atoms with Crippen molar-refractivity contribution in [2.75, 3.05) is 22.9 Å². The Balaban J connectivity index is 2.29. The molecule has 0 radical (unpaired) electrons. The third kappa shape index (κ3) is 3.91. The molecule has 2 aromatic rings. The highest BCUT2D eigenvalue weighted by Gasteiger charge is 2.12. The summed E-state index contributed by atoms with van der Waals surface area (Å²) < 4.78 is 26.7. The SMILES string of the molecule is CCCNc1cc(Nc2c(F)cc(F)cc2Cl)nc(N)n1. The minimum atomic E-state index is -0.819. The van der Waals surface area contributed by atoms with Crippen molar-refractivity contribution >= 4 is 34.9 Å². The van der Waals surface area contributed by atoms with Gasteiger partial charge in [0.05, 0.1) is 10.7 Å². The summed E-state index contributed by atoms with van der Waals surface area (Å²) in [6.45, 7) is 2.71. The number of nitrogens with zero attached hydrogens (tertiary/aromatic N) is 2. The predicted octanol–water partition coefficient (Wildman–Crippen LogP) is 3.56. The first-order chi connectivity index (χ1) is 9.99. The Morgan fingerprint density at radius 1 is 1.19 bits per heavy atom. The first-order valence-electron chi connectivity index (χ1n) is 6.29. The Bertz CT molecular complexity index is 627. The van der Waals surface area contributed by atoms with E-state index in [4.69, 9.17) is 17.3 Å². The Hall–Kier alpha value is -2.15. The van der Waals surface area contributed by atoms with E-state index in [-0.39, 0.29) is 22.5 Å². The molecule has 5 nitrogen and oxygen atoms in total. The highest BCUT2D eigenvalue weighted by molar-refractivity contribution is 6.33. The van der Waals surface area contributed by atoms with Gasteiger partial charge in [0.1, 0.15) is 17.5 Å². The van der Waals surface area contributed by atoms with E-state index in [2.05, 4.69) is 20.6 Å². The molecular formula is C13H14ClF2N5. The number of halogens is 3. The van der Waals surface area contributed by atoms with Crippen LogP contribution < -0.4 is 16.4 Å². The first-order valence-corrected chi connectivity index (χ1v) is 6.67. The average Bonchev–Trinajstić information content (AvgIpc) is 2.40. The maximum Gasteiger partial charge on any atom is 0.223 e. The zero-order valence-electron chi connectivity index (χ0n) is 11.3. The molecule has 1 aromatic heterocycles. The number of benzene rings is 1. The van der Waals surface area contributed by atoms with Gasteiger partial charge < -0.3 is 16.4 Å². The number of rotatable bonds is 5. The van der Waals surface area contributed by atoms with Gasteiger partial charge in [-0.1, -0.05) is 18.5 Å². The third-order valence-electron chi connectivity index (χ3n) is 2.56. The molecule has 0 aliphatic heterocycles. The van der Waals surface area contributed by atoms with Gasteiger partial charge in [-0.25, -0.2) is 8.78 Å². The van der Waals surface area contributed by atoms with E-state index in [9.17, 15) is 8.78 Å². The molecule has 0 fully saturated rings. The second kappa shape index (κ2) is 6.53. The Labute approximate surface area is 125 Å². The number of nitrogens with two attached hydrogens (primary N) is 1. The Morgan fingerprint density at radius 3 is 2.57 bits per heavy atom.